The molecule has 0 saturated carbocycles. The fraction of sp³-hybridized carbons (Fsp3) is 0.471. The SMILES string of the molecule is C=CCn1c(=O)c2cnc(Nc3ccc(N(CC)CC4CCCN(CCF)C4)cc3)nc2n1-c1ccc2c(n1)[C@@](C)(O)CCC2. The summed E-state index contributed by atoms with van der Waals surface area (Å²) >= 11 is 0. The summed E-state index contributed by atoms with van der Waals surface area (Å²) in [5, 5.41) is 14.7. The first-order valence-corrected chi connectivity index (χ1v) is 16.0. The summed E-state index contributed by atoms with van der Waals surface area (Å²) < 4.78 is 16.1. The van der Waals surface area contributed by atoms with Gasteiger partial charge in [-0.15, -0.1) is 6.58 Å². The number of aliphatic hydroxyl groups is 1. The molecule has 0 bridgehead atoms. The Labute approximate surface area is 263 Å². The van der Waals surface area contributed by atoms with E-state index in [4.69, 9.17) is 9.97 Å². The van der Waals surface area contributed by atoms with Crippen LogP contribution < -0.4 is 15.8 Å². The van der Waals surface area contributed by atoms with E-state index in [0.717, 1.165) is 62.4 Å². The molecule has 1 aromatic carbocycles. The molecular weight excluding hydrogens is 571 g/mol. The third kappa shape index (κ3) is 6.37. The number of benzene rings is 1. The van der Waals surface area contributed by atoms with Gasteiger partial charge in [0.15, 0.2) is 11.5 Å². The van der Waals surface area contributed by atoms with Gasteiger partial charge in [-0.25, -0.2) is 23.7 Å². The first-order valence-electron chi connectivity index (χ1n) is 16.0. The van der Waals surface area contributed by atoms with Crippen molar-refractivity contribution >= 4 is 28.4 Å². The number of anilines is 3. The number of fused-ring (bicyclic) bond motifs is 2. The molecular formula is C34H43FN8O2. The van der Waals surface area contributed by atoms with Crippen LogP contribution in [0, 0.1) is 5.92 Å². The van der Waals surface area contributed by atoms with E-state index in [9.17, 15) is 14.3 Å². The molecule has 4 heterocycles. The molecule has 0 spiro atoms. The summed E-state index contributed by atoms with van der Waals surface area (Å²) in [6.07, 6.45) is 7.87. The van der Waals surface area contributed by atoms with Gasteiger partial charge in [-0.2, -0.15) is 4.98 Å². The molecule has 238 valence electrons. The quantitative estimate of drug-likeness (QED) is 0.229. The van der Waals surface area contributed by atoms with Gasteiger partial charge in [0.1, 0.15) is 17.7 Å². The smallest absolute Gasteiger partial charge is 0.278 e. The van der Waals surface area contributed by atoms with Crippen molar-refractivity contribution in [3.63, 3.8) is 0 Å². The van der Waals surface area contributed by atoms with Crippen LogP contribution in [0.4, 0.5) is 21.7 Å². The number of hydrogen-bond donors (Lipinski definition) is 2. The van der Waals surface area contributed by atoms with Gasteiger partial charge >= 0.3 is 0 Å². The van der Waals surface area contributed by atoms with Gasteiger partial charge in [0.05, 0.1) is 12.2 Å². The zero-order valence-corrected chi connectivity index (χ0v) is 26.3. The minimum absolute atomic E-state index is 0.238. The van der Waals surface area contributed by atoms with Crippen LogP contribution in [0.3, 0.4) is 0 Å². The van der Waals surface area contributed by atoms with Crippen LogP contribution in [0.15, 0.2) is 60.0 Å². The van der Waals surface area contributed by atoms with Gasteiger partial charge in [0, 0.05) is 43.8 Å². The second-order valence-corrected chi connectivity index (χ2v) is 12.4. The largest absolute Gasteiger partial charge is 0.384 e. The molecule has 0 radical (unpaired) electrons. The van der Waals surface area contributed by atoms with E-state index in [2.05, 4.69) is 45.7 Å². The molecule has 0 amide bonds. The Morgan fingerprint density at radius 1 is 1.20 bits per heavy atom. The Morgan fingerprint density at radius 2 is 2.02 bits per heavy atom. The van der Waals surface area contributed by atoms with Gasteiger partial charge in [0.25, 0.3) is 5.56 Å². The number of aromatic nitrogens is 5. The van der Waals surface area contributed by atoms with Crippen LogP contribution >= 0.6 is 0 Å². The fourth-order valence-corrected chi connectivity index (χ4v) is 6.85. The number of aryl methyl sites for hydroxylation is 1. The molecule has 45 heavy (non-hydrogen) atoms. The second kappa shape index (κ2) is 13.1. The number of alkyl halides is 1. The van der Waals surface area contributed by atoms with Gasteiger partial charge in [-0.1, -0.05) is 12.1 Å². The van der Waals surface area contributed by atoms with Gasteiger partial charge in [-0.3, -0.25) is 4.79 Å². The normalized spacial score (nSPS) is 20.2. The molecule has 1 aliphatic heterocycles. The molecule has 1 aliphatic carbocycles. The lowest BCUT2D eigenvalue weighted by Crippen LogP contribution is -2.41. The maximum atomic E-state index is 13.4. The Morgan fingerprint density at radius 3 is 2.78 bits per heavy atom. The van der Waals surface area contributed by atoms with Crippen LogP contribution in [-0.4, -0.2) is 73.7 Å². The molecule has 1 unspecified atom stereocenters. The lowest BCUT2D eigenvalue weighted by molar-refractivity contribution is 0.0339. The topological polar surface area (TPSA) is 104 Å². The number of hydrogen-bond acceptors (Lipinski definition) is 8. The number of pyridine rings is 1. The average Bonchev–Trinajstić information content (AvgIpc) is 3.31. The Hall–Kier alpha value is -4.09. The molecule has 3 aromatic heterocycles. The van der Waals surface area contributed by atoms with Crippen LogP contribution in [0.25, 0.3) is 16.9 Å². The Bertz CT molecular complexity index is 1710. The number of likely N-dealkylation sites (tertiary alicyclic amines) is 1. The highest BCUT2D eigenvalue weighted by Gasteiger charge is 2.32. The van der Waals surface area contributed by atoms with Gasteiger partial charge < -0.3 is 20.2 Å². The lowest BCUT2D eigenvalue weighted by atomic mass is 9.84. The van der Waals surface area contributed by atoms with Crippen molar-refractivity contribution in [2.24, 2.45) is 5.92 Å². The van der Waals surface area contributed by atoms with Crippen molar-refractivity contribution in [3.05, 3.63) is 76.9 Å². The van der Waals surface area contributed by atoms with E-state index in [-0.39, 0.29) is 18.8 Å². The molecule has 2 aliphatic rings. The number of rotatable bonds is 11. The standard InChI is InChI=1S/C34H43FN8O2/c1-4-18-42-32(44)28-21-36-33(39-31(28)43(42)29-15-10-25-9-6-16-34(3,45)30(25)38-29)37-26-11-13-27(14-12-26)41(5-2)23-24-8-7-19-40(22-24)20-17-35/h4,10-15,21,24,45H,1,5-9,16-20,22-23H2,2-3H3,(H,36,37,39)/t24?,34-/m0/s1. The van der Waals surface area contributed by atoms with Crippen LogP contribution in [0.2, 0.25) is 0 Å². The van der Waals surface area contributed by atoms with Crippen molar-refractivity contribution in [3.8, 4) is 5.82 Å². The van der Waals surface area contributed by atoms with Crippen LogP contribution in [0.5, 0.6) is 0 Å². The highest BCUT2D eigenvalue weighted by molar-refractivity contribution is 5.77. The zero-order valence-electron chi connectivity index (χ0n) is 26.3. The molecule has 2 N–H and O–H groups in total. The lowest BCUT2D eigenvalue weighted by Gasteiger charge is -2.35. The molecule has 4 aromatic rings. The van der Waals surface area contributed by atoms with Crippen molar-refractivity contribution < 1.29 is 9.50 Å². The summed E-state index contributed by atoms with van der Waals surface area (Å²) in [5.74, 6) is 1.38. The summed E-state index contributed by atoms with van der Waals surface area (Å²) in [6.45, 7) is 12.0. The summed E-state index contributed by atoms with van der Waals surface area (Å²) in [4.78, 5) is 32.1. The zero-order chi connectivity index (χ0) is 31.6. The molecule has 2 atom stereocenters. The second-order valence-electron chi connectivity index (χ2n) is 12.4. The monoisotopic (exact) mass is 614 g/mol. The van der Waals surface area contributed by atoms with Crippen molar-refractivity contribution in [2.45, 2.75) is 58.1 Å². The van der Waals surface area contributed by atoms with E-state index in [1.807, 2.05) is 24.3 Å². The maximum absolute atomic E-state index is 13.4. The fourth-order valence-electron chi connectivity index (χ4n) is 6.85. The summed E-state index contributed by atoms with van der Waals surface area (Å²) in [5.41, 5.74) is 2.75. The highest BCUT2D eigenvalue weighted by Crippen LogP contribution is 2.34. The maximum Gasteiger partial charge on any atom is 0.278 e. The Balaban J connectivity index is 1.26. The van der Waals surface area contributed by atoms with Gasteiger partial charge in [0.2, 0.25) is 5.95 Å². The third-order valence-corrected chi connectivity index (χ3v) is 9.13. The molecule has 1 saturated heterocycles. The predicted molar refractivity (Wildman–Crippen MR) is 176 cm³/mol. The molecule has 10 nitrogen and oxygen atoms in total. The number of halogens is 1. The van der Waals surface area contributed by atoms with E-state index >= 15 is 0 Å². The van der Waals surface area contributed by atoms with Gasteiger partial charge in [-0.05, 0) is 94.3 Å². The Kier molecular flexibility index (Phi) is 9.00. The third-order valence-electron chi connectivity index (χ3n) is 9.13. The number of nitrogens with one attached hydrogen (secondary N) is 1. The van der Waals surface area contributed by atoms with Crippen molar-refractivity contribution in [1.29, 1.82) is 0 Å². The van der Waals surface area contributed by atoms with E-state index in [0.29, 0.717) is 47.4 Å². The number of allylic oxidation sites excluding steroid dienone is 1. The highest BCUT2D eigenvalue weighted by atomic mass is 19.1. The first-order chi connectivity index (χ1) is 21.8. The van der Waals surface area contributed by atoms with E-state index in [1.165, 1.54) is 6.42 Å². The summed E-state index contributed by atoms with van der Waals surface area (Å²) in [6, 6.07) is 12.0. The van der Waals surface area contributed by atoms with Crippen molar-refractivity contribution in [2.75, 3.05) is 49.6 Å². The number of nitrogens with zero attached hydrogens (tertiary/aromatic N) is 7. The molecule has 1 fully saturated rings. The molecule has 11 heteroatoms. The minimum Gasteiger partial charge on any atom is -0.384 e. The summed E-state index contributed by atoms with van der Waals surface area (Å²) in [7, 11) is 0. The van der Waals surface area contributed by atoms with E-state index in [1.54, 1.807) is 28.6 Å². The number of piperidine rings is 1. The van der Waals surface area contributed by atoms with Crippen LogP contribution in [-0.2, 0) is 18.6 Å². The first kappa shape index (κ1) is 30.9. The minimum atomic E-state index is -1.04. The molecule has 6 rings (SSSR count). The predicted octanol–water partition coefficient (Wildman–Crippen LogP) is 4.96. The van der Waals surface area contributed by atoms with E-state index < -0.39 is 5.60 Å². The average molecular weight is 615 g/mol. The van der Waals surface area contributed by atoms with Crippen molar-refractivity contribution in [1.82, 2.24) is 29.2 Å². The van der Waals surface area contributed by atoms with Crippen LogP contribution in [0.1, 0.15) is 50.8 Å².